The smallest absolute Gasteiger partial charge is 0.130 e. The van der Waals surface area contributed by atoms with Gasteiger partial charge in [0.1, 0.15) is 6.17 Å². The molecule has 0 saturated carbocycles. The summed E-state index contributed by atoms with van der Waals surface area (Å²) in [4.78, 5) is 2.41. The molecular weight excluding hydrogens is 653 g/mol. The van der Waals surface area contributed by atoms with Crippen LogP contribution < -0.4 is 10.2 Å². The van der Waals surface area contributed by atoms with Crippen molar-refractivity contribution in [2.75, 3.05) is 10.2 Å². The van der Waals surface area contributed by atoms with Gasteiger partial charge in [0.25, 0.3) is 0 Å². The molecular formula is C52H38N2. The summed E-state index contributed by atoms with van der Waals surface area (Å²) in [7, 11) is 0. The first kappa shape index (κ1) is 30.9. The Labute approximate surface area is 316 Å². The molecule has 0 aromatic heterocycles. The highest BCUT2D eigenvalue weighted by Gasteiger charge is 2.34. The van der Waals surface area contributed by atoms with E-state index in [4.69, 9.17) is 0 Å². The largest absolute Gasteiger partial charge is 0.359 e. The van der Waals surface area contributed by atoms with Gasteiger partial charge in [-0.1, -0.05) is 172 Å². The third-order valence-corrected chi connectivity index (χ3v) is 12.1. The molecule has 2 nitrogen and oxygen atoms in total. The van der Waals surface area contributed by atoms with Gasteiger partial charge in [0.05, 0.1) is 11.4 Å². The fourth-order valence-corrected chi connectivity index (χ4v) is 9.61. The SMILES string of the molecule is CC1(C)c2ccccc2-c2ccc(-c3c4ccccc4c(-c4ccc(C5Nc6ccccc6N5c5ccccc5)cc4)c4ccccc34)c3cccc1c23. The van der Waals surface area contributed by atoms with Gasteiger partial charge < -0.3 is 10.2 Å². The van der Waals surface area contributed by atoms with Crippen LogP contribution in [0.2, 0.25) is 0 Å². The van der Waals surface area contributed by atoms with Crippen molar-refractivity contribution in [3.63, 3.8) is 0 Å². The van der Waals surface area contributed by atoms with Gasteiger partial charge in [0, 0.05) is 11.1 Å². The number of hydrogen-bond donors (Lipinski definition) is 1. The Morgan fingerprint density at radius 2 is 1.02 bits per heavy atom. The van der Waals surface area contributed by atoms with Gasteiger partial charge in [-0.2, -0.15) is 0 Å². The Kier molecular flexibility index (Phi) is 6.69. The zero-order valence-corrected chi connectivity index (χ0v) is 30.3. The molecule has 11 rings (SSSR count). The average molecular weight is 691 g/mol. The summed E-state index contributed by atoms with van der Waals surface area (Å²) in [6.45, 7) is 4.75. The van der Waals surface area contributed by atoms with E-state index >= 15 is 0 Å². The predicted molar refractivity (Wildman–Crippen MR) is 229 cm³/mol. The van der Waals surface area contributed by atoms with Gasteiger partial charge >= 0.3 is 0 Å². The standard InChI is InChI=1S/C52H38N2/c1-52(2)44-23-11-10-17-36(44)42-31-32-43(41-22-14-24-45(52)50(41)42)49-39-20-8-6-18-37(39)48(38-19-7-9-21-40(38)49)33-27-29-34(30-28-33)51-53-46-25-12-13-26-47(46)54(51)35-15-4-3-5-16-35/h3-32,51,53H,1-2H3. The van der Waals surface area contributed by atoms with Crippen molar-refractivity contribution in [3.8, 4) is 33.4 Å². The van der Waals surface area contributed by atoms with Gasteiger partial charge in [-0.25, -0.2) is 0 Å². The number of nitrogens with one attached hydrogen (secondary N) is 1. The van der Waals surface area contributed by atoms with Gasteiger partial charge in [-0.05, 0) is 107 Å². The maximum absolute atomic E-state index is 3.81. The molecule has 1 unspecified atom stereocenters. The molecule has 1 aliphatic heterocycles. The lowest BCUT2D eigenvalue weighted by atomic mass is 9.68. The number of para-hydroxylation sites is 3. The minimum Gasteiger partial charge on any atom is -0.359 e. The molecule has 2 aliphatic rings. The molecule has 0 spiro atoms. The normalized spacial score (nSPS) is 15.3. The van der Waals surface area contributed by atoms with Crippen LogP contribution in [0.15, 0.2) is 182 Å². The first-order chi connectivity index (χ1) is 26.6. The van der Waals surface area contributed by atoms with Crippen molar-refractivity contribution in [1.29, 1.82) is 0 Å². The fourth-order valence-electron chi connectivity index (χ4n) is 9.61. The zero-order valence-electron chi connectivity index (χ0n) is 30.3. The van der Waals surface area contributed by atoms with Crippen molar-refractivity contribution in [2.24, 2.45) is 0 Å². The van der Waals surface area contributed by atoms with Crippen molar-refractivity contribution in [2.45, 2.75) is 25.4 Å². The van der Waals surface area contributed by atoms with Crippen LogP contribution in [0.4, 0.5) is 17.1 Å². The van der Waals surface area contributed by atoms with Crippen LogP contribution >= 0.6 is 0 Å². The summed E-state index contributed by atoms with van der Waals surface area (Å²) in [5.74, 6) is 0. The Hall–Kier alpha value is -6.64. The maximum atomic E-state index is 3.81. The Morgan fingerprint density at radius 1 is 0.444 bits per heavy atom. The van der Waals surface area contributed by atoms with Gasteiger partial charge in [0.15, 0.2) is 0 Å². The minimum atomic E-state index is -0.100. The van der Waals surface area contributed by atoms with Gasteiger partial charge in [-0.3, -0.25) is 0 Å². The Morgan fingerprint density at radius 3 is 1.76 bits per heavy atom. The topological polar surface area (TPSA) is 15.3 Å². The first-order valence-corrected chi connectivity index (χ1v) is 19.0. The number of fused-ring (bicyclic) bond motifs is 5. The number of benzene rings is 9. The molecule has 2 heteroatoms. The Balaban J connectivity index is 1.10. The van der Waals surface area contributed by atoms with E-state index in [0.717, 1.165) is 5.69 Å². The molecule has 1 aliphatic carbocycles. The molecule has 0 radical (unpaired) electrons. The van der Waals surface area contributed by atoms with Crippen LogP contribution in [0.25, 0.3) is 65.7 Å². The van der Waals surface area contributed by atoms with Crippen molar-refractivity contribution in [3.05, 3.63) is 199 Å². The van der Waals surface area contributed by atoms with Crippen molar-refractivity contribution < 1.29 is 0 Å². The maximum Gasteiger partial charge on any atom is 0.130 e. The quantitative estimate of drug-likeness (QED) is 0.185. The van der Waals surface area contributed by atoms with Crippen LogP contribution in [0.5, 0.6) is 0 Å². The van der Waals surface area contributed by atoms with E-state index in [-0.39, 0.29) is 11.6 Å². The minimum absolute atomic E-state index is 0.0142. The third kappa shape index (κ3) is 4.40. The van der Waals surface area contributed by atoms with E-state index in [1.54, 1.807) is 0 Å². The fraction of sp³-hybridized carbons (Fsp3) is 0.0769. The molecule has 1 heterocycles. The van der Waals surface area contributed by atoms with Crippen LogP contribution in [-0.2, 0) is 5.41 Å². The van der Waals surface area contributed by atoms with E-state index in [2.05, 4.69) is 206 Å². The van der Waals surface area contributed by atoms with Crippen LogP contribution in [0.1, 0.15) is 36.7 Å². The van der Waals surface area contributed by atoms with E-state index in [1.165, 1.54) is 93.8 Å². The molecule has 54 heavy (non-hydrogen) atoms. The zero-order chi connectivity index (χ0) is 36.0. The van der Waals surface area contributed by atoms with Crippen LogP contribution in [-0.4, -0.2) is 0 Å². The second-order valence-electron chi connectivity index (χ2n) is 15.3. The van der Waals surface area contributed by atoms with Crippen molar-refractivity contribution >= 4 is 49.4 Å². The molecule has 0 saturated heterocycles. The highest BCUT2D eigenvalue weighted by atomic mass is 15.3. The van der Waals surface area contributed by atoms with Crippen LogP contribution in [0, 0.1) is 0 Å². The molecule has 0 bridgehead atoms. The summed E-state index contributed by atoms with van der Waals surface area (Å²) >= 11 is 0. The van der Waals surface area contributed by atoms with E-state index < -0.39 is 0 Å². The highest BCUT2D eigenvalue weighted by Crippen LogP contribution is 2.52. The molecule has 9 aromatic carbocycles. The third-order valence-electron chi connectivity index (χ3n) is 12.1. The lowest BCUT2D eigenvalue weighted by molar-refractivity contribution is 0.645. The summed E-state index contributed by atoms with van der Waals surface area (Å²) in [5.41, 5.74) is 15.2. The second kappa shape index (κ2) is 11.7. The summed E-state index contributed by atoms with van der Waals surface area (Å²) in [6, 6.07) is 67.2. The van der Waals surface area contributed by atoms with Gasteiger partial charge in [0.2, 0.25) is 0 Å². The Bertz CT molecular complexity index is 2880. The number of hydrogen-bond acceptors (Lipinski definition) is 2. The molecule has 1 atom stereocenters. The average Bonchev–Trinajstić information content (AvgIpc) is 3.62. The summed E-state index contributed by atoms with van der Waals surface area (Å²) < 4.78 is 0. The first-order valence-electron chi connectivity index (χ1n) is 19.0. The van der Waals surface area contributed by atoms with Crippen molar-refractivity contribution in [1.82, 2.24) is 0 Å². The molecule has 0 fully saturated rings. The predicted octanol–water partition coefficient (Wildman–Crippen LogP) is 14.0. The molecule has 0 amide bonds. The van der Waals surface area contributed by atoms with Crippen LogP contribution in [0.3, 0.4) is 0 Å². The lowest BCUT2D eigenvalue weighted by Gasteiger charge is -2.35. The number of anilines is 3. The summed E-state index contributed by atoms with van der Waals surface area (Å²) in [6.07, 6.45) is -0.0142. The second-order valence-corrected chi connectivity index (χ2v) is 15.3. The lowest BCUT2D eigenvalue weighted by Crippen LogP contribution is -2.23. The molecule has 1 N–H and O–H groups in total. The molecule has 9 aromatic rings. The summed E-state index contributed by atoms with van der Waals surface area (Å²) in [5, 5.41) is 11.6. The number of nitrogens with zero attached hydrogens (tertiary/aromatic N) is 1. The van der Waals surface area contributed by atoms with Gasteiger partial charge in [-0.15, -0.1) is 0 Å². The molecule has 256 valence electrons. The number of rotatable bonds is 4. The monoisotopic (exact) mass is 690 g/mol. The van der Waals surface area contributed by atoms with E-state index in [9.17, 15) is 0 Å². The van der Waals surface area contributed by atoms with E-state index in [0.29, 0.717) is 0 Å². The highest BCUT2D eigenvalue weighted by molar-refractivity contribution is 6.24. The van der Waals surface area contributed by atoms with E-state index in [1.807, 2.05) is 0 Å².